The lowest BCUT2D eigenvalue weighted by Gasteiger charge is -2.14. The van der Waals surface area contributed by atoms with Gasteiger partial charge in [0.05, 0.1) is 35.9 Å². The molecule has 156 valence electrons. The number of hydrogen-bond donors (Lipinski definition) is 1. The summed E-state index contributed by atoms with van der Waals surface area (Å²) in [5.41, 5.74) is 0.394. The molecule has 0 saturated carbocycles. The van der Waals surface area contributed by atoms with E-state index in [-0.39, 0.29) is 19.0 Å². The molecule has 4 aromatic rings. The molecule has 0 bridgehead atoms. The Bertz CT molecular complexity index is 1360. The van der Waals surface area contributed by atoms with Crippen molar-refractivity contribution < 1.29 is 9.53 Å². The molecule has 0 saturated heterocycles. The molecular formula is C23H20N4O4. The topological polar surface area (TPSA) is 95.2 Å². The number of rotatable bonds is 6. The van der Waals surface area contributed by atoms with E-state index in [1.54, 1.807) is 66.9 Å². The van der Waals surface area contributed by atoms with Crippen LogP contribution in [-0.2, 0) is 17.9 Å². The van der Waals surface area contributed by atoms with Gasteiger partial charge in [0.25, 0.3) is 5.56 Å². The first-order valence-corrected chi connectivity index (χ1v) is 9.64. The Morgan fingerprint density at radius 3 is 2.61 bits per heavy atom. The van der Waals surface area contributed by atoms with Gasteiger partial charge < -0.3 is 10.1 Å². The number of carbonyl (C=O) groups excluding carboxylic acids is 1. The Kier molecular flexibility index (Phi) is 5.61. The van der Waals surface area contributed by atoms with Gasteiger partial charge in [0.2, 0.25) is 5.91 Å². The fourth-order valence-corrected chi connectivity index (χ4v) is 3.34. The number of pyridine rings is 1. The minimum atomic E-state index is -0.607. The van der Waals surface area contributed by atoms with Crippen LogP contribution in [-0.4, -0.2) is 27.1 Å². The van der Waals surface area contributed by atoms with E-state index in [9.17, 15) is 14.4 Å². The lowest BCUT2D eigenvalue weighted by atomic mass is 10.2. The third-order valence-corrected chi connectivity index (χ3v) is 4.86. The highest BCUT2D eigenvalue weighted by atomic mass is 16.5. The van der Waals surface area contributed by atoms with Crippen molar-refractivity contribution in [1.82, 2.24) is 19.4 Å². The minimum absolute atomic E-state index is 0.238. The van der Waals surface area contributed by atoms with Crippen LogP contribution < -0.4 is 21.3 Å². The maximum atomic E-state index is 13.3. The first-order valence-electron chi connectivity index (χ1n) is 9.64. The first-order chi connectivity index (χ1) is 15.1. The maximum absolute atomic E-state index is 13.3. The van der Waals surface area contributed by atoms with Crippen molar-refractivity contribution in [2.24, 2.45) is 0 Å². The Morgan fingerprint density at radius 1 is 1.03 bits per heavy atom. The molecule has 0 aliphatic heterocycles. The lowest BCUT2D eigenvalue weighted by molar-refractivity contribution is -0.121. The number of aromatic nitrogens is 3. The van der Waals surface area contributed by atoms with Gasteiger partial charge >= 0.3 is 5.69 Å². The van der Waals surface area contributed by atoms with Crippen molar-refractivity contribution >= 4 is 16.8 Å². The number of nitrogens with zero attached hydrogens (tertiary/aromatic N) is 3. The first kappa shape index (κ1) is 20.1. The third-order valence-electron chi connectivity index (χ3n) is 4.86. The lowest BCUT2D eigenvalue weighted by Crippen LogP contribution is -2.41. The van der Waals surface area contributed by atoms with Gasteiger partial charge in [0.15, 0.2) is 0 Å². The van der Waals surface area contributed by atoms with Crippen LogP contribution in [0.1, 0.15) is 5.69 Å². The molecule has 31 heavy (non-hydrogen) atoms. The summed E-state index contributed by atoms with van der Waals surface area (Å²) < 4.78 is 7.57. The summed E-state index contributed by atoms with van der Waals surface area (Å²) in [6.07, 6.45) is 1.64. The molecule has 0 unspecified atom stereocenters. The number of benzene rings is 2. The van der Waals surface area contributed by atoms with Crippen LogP contribution >= 0.6 is 0 Å². The average Bonchev–Trinajstić information content (AvgIpc) is 2.81. The van der Waals surface area contributed by atoms with Gasteiger partial charge in [-0.2, -0.15) is 0 Å². The second-order valence-electron chi connectivity index (χ2n) is 6.83. The van der Waals surface area contributed by atoms with E-state index in [0.717, 1.165) is 4.57 Å². The van der Waals surface area contributed by atoms with Crippen LogP contribution in [0.5, 0.6) is 5.75 Å². The molecule has 2 heterocycles. The molecule has 0 aliphatic carbocycles. The van der Waals surface area contributed by atoms with E-state index in [0.29, 0.717) is 28.0 Å². The molecule has 0 atom stereocenters. The predicted molar refractivity (Wildman–Crippen MR) is 116 cm³/mol. The molecule has 2 aromatic carbocycles. The summed E-state index contributed by atoms with van der Waals surface area (Å²) in [6.45, 7) is -0.00168. The standard InChI is InChI=1S/C23H20N4O4/c1-31-18-9-6-8-17(13-18)27-22(29)19-10-2-3-11-20(19)26(23(27)30)15-21(28)25-14-16-7-4-5-12-24-16/h2-13H,14-15H2,1H3,(H,25,28). The van der Waals surface area contributed by atoms with Gasteiger partial charge in [-0.15, -0.1) is 0 Å². The number of carbonyl (C=O) groups is 1. The van der Waals surface area contributed by atoms with Crippen LogP contribution in [0.15, 0.2) is 82.5 Å². The Labute approximate surface area is 177 Å². The van der Waals surface area contributed by atoms with Crippen LogP contribution in [0.3, 0.4) is 0 Å². The Morgan fingerprint density at radius 2 is 1.84 bits per heavy atom. The zero-order chi connectivity index (χ0) is 21.8. The van der Waals surface area contributed by atoms with Crippen molar-refractivity contribution in [3.8, 4) is 11.4 Å². The maximum Gasteiger partial charge on any atom is 0.336 e. The van der Waals surface area contributed by atoms with Gasteiger partial charge in [-0.05, 0) is 36.4 Å². The quantitative estimate of drug-likeness (QED) is 0.518. The number of hydrogen-bond acceptors (Lipinski definition) is 5. The molecule has 8 nitrogen and oxygen atoms in total. The van der Waals surface area contributed by atoms with Gasteiger partial charge in [0.1, 0.15) is 12.3 Å². The number of ether oxygens (including phenoxy) is 1. The van der Waals surface area contributed by atoms with Crippen LogP contribution in [0.2, 0.25) is 0 Å². The van der Waals surface area contributed by atoms with E-state index in [4.69, 9.17) is 4.74 Å². The van der Waals surface area contributed by atoms with E-state index in [1.807, 2.05) is 6.07 Å². The third kappa shape index (κ3) is 4.09. The van der Waals surface area contributed by atoms with Gasteiger partial charge in [-0.25, -0.2) is 9.36 Å². The molecule has 4 rings (SSSR count). The molecule has 2 aromatic heterocycles. The second-order valence-corrected chi connectivity index (χ2v) is 6.83. The zero-order valence-electron chi connectivity index (χ0n) is 16.8. The molecular weight excluding hydrogens is 396 g/mol. The van der Waals surface area contributed by atoms with Crippen molar-refractivity contribution in [2.45, 2.75) is 13.1 Å². The zero-order valence-corrected chi connectivity index (χ0v) is 16.8. The number of fused-ring (bicyclic) bond motifs is 1. The molecule has 0 fully saturated rings. The van der Waals surface area contributed by atoms with E-state index in [1.165, 1.54) is 11.7 Å². The highest BCUT2D eigenvalue weighted by molar-refractivity contribution is 5.81. The number of para-hydroxylation sites is 1. The summed E-state index contributed by atoms with van der Waals surface area (Å²) in [5, 5.41) is 3.10. The molecule has 1 amide bonds. The van der Waals surface area contributed by atoms with Gasteiger partial charge in [-0.1, -0.05) is 24.3 Å². The normalized spacial score (nSPS) is 10.7. The predicted octanol–water partition coefficient (Wildman–Crippen LogP) is 1.87. The number of methoxy groups -OCH3 is 1. The summed E-state index contributed by atoms with van der Waals surface area (Å²) in [5.74, 6) is 0.144. The van der Waals surface area contributed by atoms with Crippen molar-refractivity contribution in [2.75, 3.05) is 7.11 Å². The summed E-state index contributed by atoms with van der Waals surface area (Å²) >= 11 is 0. The fraction of sp³-hybridized carbons (Fsp3) is 0.130. The average molecular weight is 416 g/mol. The van der Waals surface area contributed by atoms with Crippen molar-refractivity contribution in [3.05, 3.63) is 99.5 Å². The van der Waals surface area contributed by atoms with Crippen LogP contribution in [0.25, 0.3) is 16.6 Å². The molecule has 0 aliphatic rings. The SMILES string of the molecule is COc1cccc(-n2c(=O)c3ccccc3n(CC(=O)NCc3ccccn3)c2=O)c1. The summed E-state index contributed by atoms with van der Waals surface area (Å²) in [7, 11) is 1.51. The molecule has 1 N–H and O–H groups in total. The number of amides is 1. The Balaban J connectivity index is 1.76. The molecule has 0 radical (unpaired) electrons. The van der Waals surface area contributed by atoms with Gasteiger partial charge in [-0.3, -0.25) is 19.1 Å². The smallest absolute Gasteiger partial charge is 0.336 e. The van der Waals surface area contributed by atoms with Crippen LogP contribution in [0, 0.1) is 0 Å². The Hall–Kier alpha value is -4.20. The number of nitrogens with one attached hydrogen (secondary N) is 1. The van der Waals surface area contributed by atoms with Crippen molar-refractivity contribution in [3.63, 3.8) is 0 Å². The minimum Gasteiger partial charge on any atom is -0.497 e. The largest absolute Gasteiger partial charge is 0.497 e. The van der Waals surface area contributed by atoms with E-state index < -0.39 is 11.2 Å². The summed E-state index contributed by atoms with van der Waals surface area (Å²) in [6, 6.07) is 18.8. The van der Waals surface area contributed by atoms with Gasteiger partial charge in [0, 0.05) is 12.3 Å². The highest BCUT2D eigenvalue weighted by Crippen LogP contribution is 2.15. The fourth-order valence-electron chi connectivity index (χ4n) is 3.34. The second kappa shape index (κ2) is 8.66. The monoisotopic (exact) mass is 416 g/mol. The van der Waals surface area contributed by atoms with Crippen molar-refractivity contribution in [1.29, 1.82) is 0 Å². The highest BCUT2D eigenvalue weighted by Gasteiger charge is 2.16. The van der Waals surface area contributed by atoms with E-state index in [2.05, 4.69) is 10.3 Å². The van der Waals surface area contributed by atoms with Crippen LogP contribution in [0.4, 0.5) is 0 Å². The summed E-state index contributed by atoms with van der Waals surface area (Å²) in [4.78, 5) is 43.2. The molecule has 0 spiro atoms. The molecule has 8 heteroatoms. The van der Waals surface area contributed by atoms with E-state index >= 15 is 0 Å².